The zero-order valence-corrected chi connectivity index (χ0v) is 25.3. The summed E-state index contributed by atoms with van der Waals surface area (Å²) in [6, 6.07) is 6.46. The van der Waals surface area contributed by atoms with E-state index >= 15 is 0 Å². The predicted octanol–water partition coefficient (Wildman–Crippen LogP) is 4.84. The van der Waals surface area contributed by atoms with Gasteiger partial charge < -0.3 is 14.3 Å². The van der Waals surface area contributed by atoms with Crippen molar-refractivity contribution in [1.29, 1.82) is 0 Å². The van der Waals surface area contributed by atoms with Gasteiger partial charge in [0.05, 0.1) is 11.5 Å². The van der Waals surface area contributed by atoms with Crippen molar-refractivity contribution in [2.45, 2.75) is 103 Å². The molecule has 0 saturated carbocycles. The third-order valence-corrected chi connectivity index (χ3v) is 8.57. The lowest BCUT2D eigenvalue weighted by Gasteiger charge is -2.43. The fourth-order valence-electron chi connectivity index (χ4n) is 4.39. The highest BCUT2D eigenvalue weighted by Gasteiger charge is 2.56. The maximum atomic E-state index is 13.3. The lowest BCUT2D eigenvalue weighted by molar-refractivity contribution is -0.141. The van der Waals surface area contributed by atoms with E-state index in [-0.39, 0.29) is 35.7 Å². The number of aliphatic hydroxyl groups excluding tert-OH is 1. The van der Waals surface area contributed by atoms with Crippen LogP contribution < -0.4 is 0 Å². The molecule has 1 aromatic rings. The summed E-state index contributed by atoms with van der Waals surface area (Å²) >= 11 is 0. The van der Waals surface area contributed by atoms with E-state index in [4.69, 9.17) is 13.3 Å². The highest BCUT2D eigenvalue weighted by molar-refractivity contribution is 7.86. The van der Waals surface area contributed by atoms with Gasteiger partial charge in [0.25, 0.3) is 10.1 Å². The average Bonchev–Trinajstić information content (AvgIpc) is 3.11. The van der Waals surface area contributed by atoms with Gasteiger partial charge in [-0.15, -0.1) is 0 Å². The second-order valence-corrected chi connectivity index (χ2v) is 16.1. The quantitative estimate of drug-likeness (QED) is 0.270. The van der Waals surface area contributed by atoms with Gasteiger partial charge in [0.2, 0.25) is 0 Å². The van der Waals surface area contributed by atoms with Gasteiger partial charge in [-0.3, -0.25) is 9.08 Å². The van der Waals surface area contributed by atoms with Gasteiger partial charge in [-0.1, -0.05) is 38.5 Å². The summed E-state index contributed by atoms with van der Waals surface area (Å²) < 4.78 is 42.4. The third-order valence-electron chi connectivity index (χ3n) is 6.37. The lowest BCUT2D eigenvalue weighted by Crippen LogP contribution is -2.59. The molecule has 36 heavy (non-hydrogen) atoms. The molecule has 1 N–H and O–H groups in total. The molecule has 0 aromatic heterocycles. The van der Waals surface area contributed by atoms with Crippen LogP contribution in [0.25, 0.3) is 0 Å². The Balaban J connectivity index is 2.21. The summed E-state index contributed by atoms with van der Waals surface area (Å²) in [5.74, 6) is 0.0885. The Morgan fingerprint density at radius 2 is 1.75 bits per heavy atom. The number of carbonyl (C=O) groups is 1. The number of carbonyl (C=O) groups excluding carboxylic acids is 1. The lowest BCUT2D eigenvalue weighted by atomic mass is 9.78. The van der Waals surface area contributed by atoms with Crippen LogP contribution in [0.1, 0.15) is 66.4 Å². The van der Waals surface area contributed by atoms with E-state index in [1.165, 1.54) is 12.1 Å². The topological polar surface area (TPSA) is 102 Å². The Morgan fingerprint density at radius 1 is 1.17 bits per heavy atom. The highest BCUT2D eigenvalue weighted by atomic mass is 32.2. The van der Waals surface area contributed by atoms with E-state index in [1.807, 2.05) is 40.8 Å². The molecule has 1 aromatic carbocycles. The molecule has 2 rings (SSSR count). The third kappa shape index (κ3) is 8.02. The predicted molar refractivity (Wildman–Crippen MR) is 143 cm³/mol. The Hall–Kier alpha value is -1.46. The molecule has 1 aliphatic heterocycles. The van der Waals surface area contributed by atoms with Crippen LogP contribution in [0.2, 0.25) is 13.1 Å². The van der Waals surface area contributed by atoms with Crippen LogP contribution in [0.15, 0.2) is 29.2 Å². The summed E-state index contributed by atoms with van der Waals surface area (Å²) in [5.41, 5.74) is -1.08. The number of ether oxygens (including phenoxy) is 1. The van der Waals surface area contributed by atoms with Crippen molar-refractivity contribution in [2.75, 3.05) is 13.2 Å². The molecule has 10 heteroatoms. The van der Waals surface area contributed by atoms with E-state index in [2.05, 4.69) is 20.8 Å². The minimum Gasteiger partial charge on any atom is -0.444 e. The molecule has 0 bridgehead atoms. The van der Waals surface area contributed by atoms with Crippen molar-refractivity contribution in [3.05, 3.63) is 29.8 Å². The number of hydrogen-bond acceptors (Lipinski definition) is 7. The largest absolute Gasteiger partial charge is 0.444 e. The Bertz CT molecular complexity index is 983. The van der Waals surface area contributed by atoms with E-state index in [0.717, 1.165) is 5.56 Å². The Morgan fingerprint density at radius 3 is 2.25 bits per heavy atom. The maximum Gasteiger partial charge on any atom is 0.412 e. The number of aryl methyl sites for hydroxylation is 1. The van der Waals surface area contributed by atoms with Crippen LogP contribution in [-0.2, 0) is 23.5 Å². The number of aliphatic hydroxyl groups is 1. The summed E-state index contributed by atoms with van der Waals surface area (Å²) in [5, 5.41) is 11.5. The molecule has 206 valence electrons. The summed E-state index contributed by atoms with van der Waals surface area (Å²) in [4.78, 5) is 15.0. The molecule has 0 spiro atoms. The average molecular weight is 544 g/mol. The molecular weight excluding hydrogens is 498 g/mol. The van der Waals surface area contributed by atoms with Gasteiger partial charge in [0, 0.05) is 13.0 Å². The maximum absolute atomic E-state index is 13.3. The van der Waals surface area contributed by atoms with Crippen molar-refractivity contribution in [3.63, 3.8) is 0 Å². The Kier molecular flexibility index (Phi) is 9.84. The van der Waals surface area contributed by atoms with Crippen LogP contribution in [0.3, 0.4) is 0 Å². The fourth-order valence-corrected chi connectivity index (χ4v) is 6.53. The van der Waals surface area contributed by atoms with Crippen molar-refractivity contribution in [1.82, 2.24) is 4.90 Å². The smallest absolute Gasteiger partial charge is 0.412 e. The number of likely N-dealkylation sites (tertiary alicyclic amines) is 1. The van der Waals surface area contributed by atoms with Crippen LogP contribution in [-0.4, -0.2) is 64.1 Å². The second-order valence-electron chi connectivity index (χ2n) is 12.1. The molecule has 1 aliphatic rings. The molecule has 1 unspecified atom stereocenters. The van der Waals surface area contributed by atoms with Crippen LogP contribution >= 0.6 is 0 Å². The van der Waals surface area contributed by atoms with Gasteiger partial charge >= 0.3 is 6.09 Å². The van der Waals surface area contributed by atoms with Crippen LogP contribution in [0.4, 0.5) is 4.79 Å². The summed E-state index contributed by atoms with van der Waals surface area (Å²) in [6.45, 7) is 18.0. The second kappa shape index (κ2) is 11.5. The molecule has 1 fully saturated rings. The van der Waals surface area contributed by atoms with Gasteiger partial charge in [0.1, 0.15) is 11.7 Å². The first-order valence-corrected chi connectivity index (χ1v) is 16.9. The summed E-state index contributed by atoms with van der Waals surface area (Å²) in [7, 11) is -5.60. The van der Waals surface area contributed by atoms with Crippen molar-refractivity contribution >= 4 is 25.3 Å². The number of hydrogen-bond donors (Lipinski definition) is 1. The molecule has 1 amide bonds. The van der Waals surface area contributed by atoms with Gasteiger partial charge in [-0.05, 0) is 77.1 Å². The first-order chi connectivity index (χ1) is 16.4. The Labute approximate surface area is 219 Å². The molecule has 0 aliphatic carbocycles. The van der Waals surface area contributed by atoms with E-state index in [0.29, 0.717) is 13.0 Å². The van der Waals surface area contributed by atoms with E-state index in [9.17, 15) is 18.3 Å². The van der Waals surface area contributed by atoms with Crippen molar-refractivity contribution in [3.8, 4) is 0 Å². The van der Waals surface area contributed by atoms with Gasteiger partial charge in [-0.25, -0.2) is 4.79 Å². The molecule has 0 radical (unpaired) electrons. The number of rotatable bonds is 9. The van der Waals surface area contributed by atoms with Gasteiger partial charge in [-0.2, -0.15) is 8.42 Å². The zero-order chi connectivity index (χ0) is 27.5. The minimum absolute atomic E-state index is 0.0857. The molecule has 3 atom stereocenters. The van der Waals surface area contributed by atoms with Crippen LogP contribution in [0.5, 0.6) is 0 Å². The highest BCUT2D eigenvalue weighted by Crippen LogP contribution is 2.46. The first kappa shape index (κ1) is 30.8. The monoisotopic (exact) mass is 543 g/mol. The SMILES string of the molecule is Cc1ccc(S(=O)(=O)OCCCC(O)[C@@]2(O[SiH](C)C)C[C@H](C(C)(C)C)CN2C(=O)OC(C)(C)C)cc1. The summed E-state index contributed by atoms with van der Waals surface area (Å²) in [6.07, 6.45) is -0.580. The normalized spacial score (nSPS) is 22.2. The minimum atomic E-state index is -3.89. The number of amides is 1. The number of benzene rings is 1. The van der Waals surface area contributed by atoms with E-state index < -0.39 is 42.7 Å². The van der Waals surface area contributed by atoms with Gasteiger partial charge in [0.15, 0.2) is 14.8 Å². The van der Waals surface area contributed by atoms with E-state index in [1.54, 1.807) is 17.0 Å². The standard InChI is InChI=1S/C26H45NO7SSi/c1-19-12-14-21(15-13-19)35(30,31)32-16-10-11-22(28)26(34-36(8)9)17-20(24(2,3)4)18-27(26)23(29)33-25(5,6)7/h12-15,20,22,28,36H,10-11,16-18H2,1-9H3/t20-,22?,26-/m0/s1. The first-order valence-electron chi connectivity index (χ1n) is 12.7. The zero-order valence-electron chi connectivity index (χ0n) is 23.3. The number of nitrogens with zero attached hydrogens (tertiary/aromatic N) is 1. The fraction of sp³-hybridized carbons (Fsp3) is 0.731. The van der Waals surface area contributed by atoms with Crippen molar-refractivity contribution in [2.24, 2.45) is 11.3 Å². The molecule has 8 nitrogen and oxygen atoms in total. The van der Waals surface area contributed by atoms with Crippen LogP contribution in [0, 0.1) is 18.3 Å². The van der Waals surface area contributed by atoms with Crippen molar-refractivity contribution < 1.29 is 31.7 Å². The molecule has 1 saturated heterocycles. The molecule has 1 heterocycles. The molecular formula is C26H45NO7SSi.